The number of halogens is 1. The van der Waals surface area contributed by atoms with E-state index in [4.69, 9.17) is 4.74 Å². The van der Waals surface area contributed by atoms with Crippen molar-refractivity contribution in [3.8, 4) is 5.75 Å². The molecule has 0 aliphatic heterocycles. The fourth-order valence-corrected chi connectivity index (χ4v) is 2.79. The number of anilines is 1. The Bertz CT molecular complexity index is 710. The van der Waals surface area contributed by atoms with Crippen LogP contribution in [0.25, 0.3) is 0 Å². The Labute approximate surface area is 139 Å². The number of aryl methyl sites for hydroxylation is 3. The monoisotopic (exact) mass is 361 g/mol. The number of hydrogen-bond acceptors (Lipinski definition) is 2. The van der Waals surface area contributed by atoms with Crippen molar-refractivity contribution in [3.05, 3.63) is 57.1 Å². The minimum Gasteiger partial charge on any atom is -0.483 e. The molecule has 1 amide bonds. The van der Waals surface area contributed by atoms with Gasteiger partial charge in [-0.05, 0) is 84.1 Å². The molecule has 0 aliphatic rings. The lowest BCUT2D eigenvalue weighted by atomic mass is 10.1. The van der Waals surface area contributed by atoms with Gasteiger partial charge in [0.25, 0.3) is 5.91 Å². The van der Waals surface area contributed by atoms with Crippen molar-refractivity contribution in [2.75, 3.05) is 11.9 Å². The fourth-order valence-electron chi connectivity index (χ4n) is 2.20. The highest BCUT2D eigenvalue weighted by Gasteiger charge is 2.09. The maximum Gasteiger partial charge on any atom is 0.262 e. The average molecular weight is 362 g/mol. The summed E-state index contributed by atoms with van der Waals surface area (Å²) in [6, 6.07) is 9.85. The van der Waals surface area contributed by atoms with Gasteiger partial charge in [-0.3, -0.25) is 4.79 Å². The molecule has 116 valence electrons. The summed E-state index contributed by atoms with van der Waals surface area (Å²) in [5.74, 6) is 0.582. The highest BCUT2D eigenvalue weighted by Crippen LogP contribution is 2.25. The second kappa shape index (κ2) is 6.97. The van der Waals surface area contributed by atoms with Crippen LogP contribution in [0.2, 0.25) is 0 Å². The number of rotatable bonds is 4. The first kappa shape index (κ1) is 16.6. The number of carbonyl (C=O) groups is 1. The molecule has 22 heavy (non-hydrogen) atoms. The minimum absolute atomic E-state index is 0.00987. The normalized spacial score (nSPS) is 10.4. The maximum atomic E-state index is 12.0. The Balaban J connectivity index is 2.01. The Morgan fingerprint density at radius 1 is 1.09 bits per heavy atom. The summed E-state index contributed by atoms with van der Waals surface area (Å²) < 4.78 is 6.53. The van der Waals surface area contributed by atoms with Crippen LogP contribution < -0.4 is 10.1 Å². The number of ether oxygens (including phenoxy) is 1. The fraction of sp³-hybridized carbons (Fsp3) is 0.278. The van der Waals surface area contributed by atoms with Crippen LogP contribution in [0.3, 0.4) is 0 Å². The summed E-state index contributed by atoms with van der Waals surface area (Å²) in [6.07, 6.45) is 0. The molecule has 1 N–H and O–H groups in total. The van der Waals surface area contributed by atoms with E-state index in [0.29, 0.717) is 0 Å². The van der Waals surface area contributed by atoms with E-state index < -0.39 is 0 Å². The third kappa shape index (κ3) is 4.10. The Kier molecular flexibility index (Phi) is 5.24. The van der Waals surface area contributed by atoms with E-state index in [1.165, 1.54) is 0 Å². The molecule has 0 heterocycles. The van der Waals surface area contributed by atoms with Gasteiger partial charge in [-0.25, -0.2) is 0 Å². The van der Waals surface area contributed by atoms with E-state index >= 15 is 0 Å². The van der Waals surface area contributed by atoms with Gasteiger partial charge < -0.3 is 10.1 Å². The van der Waals surface area contributed by atoms with Gasteiger partial charge >= 0.3 is 0 Å². The summed E-state index contributed by atoms with van der Waals surface area (Å²) in [7, 11) is 0. The first-order chi connectivity index (χ1) is 10.4. The predicted molar refractivity (Wildman–Crippen MR) is 93.7 cm³/mol. The van der Waals surface area contributed by atoms with Gasteiger partial charge in [0.1, 0.15) is 5.75 Å². The second-order valence-electron chi connectivity index (χ2n) is 5.53. The molecule has 2 aromatic carbocycles. The average Bonchev–Trinajstić information content (AvgIpc) is 2.44. The molecule has 4 heteroatoms. The van der Waals surface area contributed by atoms with Gasteiger partial charge in [0.2, 0.25) is 0 Å². The number of amides is 1. The lowest BCUT2D eigenvalue weighted by molar-refractivity contribution is -0.118. The zero-order valence-electron chi connectivity index (χ0n) is 13.3. The third-order valence-corrected chi connectivity index (χ3v) is 4.18. The third-order valence-electron chi connectivity index (χ3n) is 3.52. The Hall–Kier alpha value is -1.81. The van der Waals surface area contributed by atoms with Crippen LogP contribution in [-0.4, -0.2) is 12.5 Å². The SMILES string of the molecule is Cc1ccc(NC(=O)COc2cc(C)cc(C)c2C)c(Br)c1. The summed E-state index contributed by atoms with van der Waals surface area (Å²) in [4.78, 5) is 12.0. The zero-order valence-corrected chi connectivity index (χ0v) is 14.9. The Morgan fingerprint density at radius 3 is 2.50 bits per heavy atom. The van der Waals surface area contributed by atoms with Gasteiger partial charge in [-0.2, -0.15) is 0 Å². The molecular weight excluding hydrogens is 342 g/mol. The van der Waals surface area contributed by atoms with Crippen molar-refractivity contribution in [1.82, 2.24) is 0 Å². The van der Waals surface area contributed by atoms with Gasteiger partial charge in [-0.1, -0.05) is 12.1 Å². The molecule has 3 nitrogen and oxygen atoms in total. The largest absolute Gasteiger partial charge is 0.483 e. The van der Waals surface area contributed by atoms with Crippen molar-refractivity contribution in [2.45, 2.75) is 27.7 Å². The van der Waals surface area contributed by atoms with Gasteiger partial charge in [0.05, 0.1) is 5.69 Å². The highest BCUT2D eigenvalue weighted by molar-refractivity contribution is 9.10. The molecule has 0 aromatic heterocycles. The number of hydrogen-bond donors (Lipinski definition) is 1. The second-order valence-corrected chi connectivity index (χ2v) is 6.38. The van der Waals surface area contributed by atoms with Crippen molar-refractivity contribution in [1.29, 1.82) is 0 Å². The smallest absolute Gasteiger partial charge is 0.262 e. The quantitative estimate of drug-likeness (QED) is 0.856. The molecule has 0 unspecified atom stereocenters. The molecular formula is C18H20BrNO2. The summed E-state index contributed by atoms with van der Waals surface area (Å²) in [6.45, 7) is 8.05. The number of carbonyl (C=O) groups excluding carboxylic acids is 1. The van der Waals surface area contributed by atoms with Crippen molar-refractivity contribution in [2.24, 2.45) is 0 Å². The van der Waals surface area contributed by atoms with Gasteiger partial charge in [0.15, 0.2) is 6.61 Å². The highest BCUT2D eigenvalue weighted by atomic mass is 79.9. The molecule has 0 bridgehead atoms. The van der Waals surface area contributed by atoms with Crippen molar-refractivity contribution in [3.63, 3.8) is 0 Å². The maximum absolute atomic E-state index is 12.0. The molecule has 2 rings (SSSR count). The topological polar surface area (TPSA) is 38.3 Å². The van der Waals surface area contributed by atoms with E-state index in [0.717, 1.165) is 38.2 Å². The molecule has 0 saturated heterocycles. The van der Waals surface area contributed by atoms with Crippen LogP contribution in [0.5, 0.6) is 5.75 Å². The Morgan fingerprint density at radius 2 is 1.82 bits per heavy atom. The molecule has 0 spiro atoms. The van der Waals surface area contributed by atoms with Crippen molar-refractivity contribution >= 4 is 27.5 Å². The van der Waals surface area contributed by atoms with Crippen LogP contribution in [0, 0.1) is 27.7 Å². The molecule has 2 aromatic rings. The van der Waals surface area contributed by atoms with Crippen LogP contribution in [0.4, 0.5) is 5.69 Å². The zero-order chi connectivity index (χ0) is 16.3. The molecule has 0 atom stereocenters. The van der Waals surface area contributed by atoms with Crippen LogP contribution >= 0.6 is 15.9 Å². The van der Waals surface area contributed by atoms with Crippen LogP contribution in [-0.2, 0) is 4.79 Å². The minimum atomic E-state index is -0.178. The van der Waals surface area contributed by atoms with E-state index in [9.17, 15) is 4.79 Å². The van der Waals surface area contributed by atoms with E-state index in [2.05, 4.69) is 27.3 Å². The van der Waals surface area contributed by atoms with Crippen molar-refractivity contribution < 1.29 is 9.53 Å². The van der Waals surface area contributed by atoms with Crippen LogP contribution in [0.1, 0.15) is 22.3 Å². The van der Waals surface area contributed by atoms with Crippen LogP contribution in [0.15, 0.2) is 34.8 Å². The first-order valence-corrected chi connectivity index (χ1v) is 7.93. The molecule has 0 radical (unpaired) electrons. The van der Waals surface area contributed by atoms with E-state index in [-0.39, 0.29) is 12.5 Å². The first-order valence-electron chi connectivity index (χ1n) is 7.13. The number of benzene rings is 2. The predicted octanol–water partition coefficient (Wildman–Crippen LogP) is 4.70. The lowest BCUT2D eigenvalue weighted by Crippen LogP contribution is -2.20. The molecule has 0 aliphatic carbocycles. The summed E-state index contributed by atoms with van der Waals surface area (Å²) in [5, 5.41) is 2.85. The van der Waals surface area contributed by atoms with Gasteiger partial charge in [-0.15, -0.1) is 0 Å². The summed E-state index contributed by atoms with van der Waals surface area (Å²) >= 11 is 3.45. The molecule has 0 fully saturated rings. The number of nitrogens with one attached hydrogen (secondary N) is 1. The summed E-state index contributed by atoms with van der Waals surface area (Å²) in [5.41, 5.74) is 5.23. The van der Waals surface area contributed by atoms with E-state index in [1.807, 2.05) is 52.0 Å². The standard InChI is InChI=1S/C18H20BrNO2/c1-11-5-6-16(15(19)8-11)20-18(21)10-22-17-9-12(2)7-13(3)14(17)4/h5-9H,10H2,1-4H3,(H,20,21). The lowest BCUT2D eigenvalue weighted by Gasteiger charge is -2.13. The molecule has 0 saturated carbocycles. The van der Waals surface area contributed by atoms with Gasteiger partial charge in [0, 0.05) is 4.47 Å². The van der Waals surface area contributed by atoms with E-state index in [1.54, 1.807) is 0 Å².